The SMILES string of the molecule is O=C(Nc1ccc(OCc2ccccc2)cc1)OCc1ccc(C(F)(F)F)cc1. The Kier molecular flexibility index (Phi) is 6.39. The van der Waals surface area contributed by atoms with Gasteiger partial charge >= 0.3 is 12.3 Å². The average Bonchev–Trinajstić information content (AvgIpc) is 2.72. The van der Waals surface area contributed by atoms with Gasteiger partial charge in [-0.2, -0.15) is 13.2 Å². The second-order valence-electron chi connectivity index (χ2n) is 6.19. The topological polar surface area (TPSA) is 47.6 Å². The van der Waals surface area contributed by atoms with Crippen LogP contribution in [0.2, 0.25) is 0 Å². The number of ether oxygens (including phenoxy) is 2. The van der Waals surface area contributed by atoms with Gasteiger partial charge in [-0.3, -0.25) is 5.32 Å². The number of alkyl halides is 3. The second-order valence-corrected chi connectivity index (χ2v) is 6.19. The van der Waals surface area contributed by atoms with Crippen LogP contribution in [0.4, 0.5) is 23.7 Å². The van der Waals surface area contributed by atoms with Gasteiger partial charge in [0.05, 0.1) is 5.56 Å². The Morgan fingerprint density at radius 2 is 1.41 bits per heavy atom. The summed E-state index contributed by atoms with van der Waals surface area (Å²) in [5, 5.41) is 2.55. The van der Waals surface area contributed by atoms with Crippen LogP contribution >= 0.6 is 0 Å². The normalized spacial score (nSPS) is 11.0. The zero-order valence-corrected chi connectivity index (χ0v) is 15.3. The first-order valence-corrected chi connectivity index (χ1v) is 8.77. The van der Waals surface area contributed by atoms with Crippen LogP contribution in [0, 0.1) is 0 Å². The molecule has 0 bridgehead atoms. The fourth-order valence-corrected chi connectivity index (χ4v) is 2.47. The van der Waals surface area contributed by atoms with E-state index < -0.39 is 17.8 Å². The van der Waals surface area contributed by atoms with E-state index in [0.29, 0.717) is 23.6 Å². The highest BCUT2D eigenvalue weighted by atomic mass is 19.4. The molecule has 29 heavy (non-hydrogen) atoms. The van der Waals surface area contributed by atoms with Crippen molar-refractivity contribution in [2.45, 2.75) is 19.4 Å². The summed E-state index contributed by atoms with van der Waals surface area (Å²) < 4.78 is 48.3. The lowest BCUT2D eigenvalue weighted by Gasteiger charge is -2.10. The number of anilines is 1. The number of hydrogen-bond donors (Lipinski definition) is 1. The monoisotopic (exact) mass is 401 g/mol. The van der Waals surface area contributed by atoms with Crippen molar-refractivity contribution in [3.63, 3.8) is 0 Å². The summed E-state index contributed by atoms with van der Waals surface area (Å²) >= 11 is 0. The van der Waals surface area contributed by atoms with Crippen molar-refractivity contribution in [3.8, 4) is 5.75 Å². The molecule has 3 aromatic rings. The number of amides is 1. The van der Waals surface area contributed by atoms with Gasteiger partial charge in [0.2, 0.25) is 0 Å². The molecule has 0 heterocycles. The number of halogens is 3. The molecule has 0 fully saturated rings. The number of benzene rings is 3. The molecule has 1 N–H and O–H groups in total. The molecule has 0 radical (unpaired) electrons. The number of carbonyl (C=O) groups is 1. The Hall–Kier alpha value is -3.48. The predicted octanol–water partition coefficient (Wildman–Crippen LogP) is 6.03. The lowest BCUT2D eigenvalue weighted by Crippen LogP contribution is -2.13. The summed E-state index contributed by atoms with van der Waals surface area (Å²) in [6, 6.07) is 20.9. The maximum Gasteiger partial charge on any atom is 0.416 e. The average molecular weight is 401 g/mol. The van der Waals surface area contributed by atoms with E-state index in [1.807, 2.05) is 30.3 Å². The molecular weight excluding hydrogens is 383 g/mol. The fourth-order valence-electron chi connectivity index (χ4n) is 2.47. The van der Waals surface area contributed by atoms with Crippen LogP contribution < -0.4 is 10.1 Å². The molecule has 0 saturated carbocycles. The van der Waals surface area contributed by atoms with E-state index in [1.165, 1.54) is 12.1 Å². The van der Waals surface area contributed by atoms with E-state index in [-0.39, 0.29) is 6.61 Å². The van der Waals surface area contributed by atoms with Crippen LogP contribution in [0.15, 0.2) is 78.9 Å². The van der Waals surface area contributed by atoms with E-state index in [9.17, 15) is 18.0 Å². The van der Waals surface area contributed by atoms with Gasteiger partial charge in [-0.25, -0.2) is 4.79 Å². The van der Waals surface area contributed by atoms with Crippen LogP contribution in [-0.4, -0.2) is 6.09 Å². The standard InChI is InChI=1S/C22H18F3NO3/c23-22(24,25)18-8-6-17(7-9-18)15-29-21(27)26-19-10-12-20(13-11-19)28-14-16-4-2-1-3-5-16/h1-13H,14-15H2,(H,26,27). The van der Waals surface area contributed by atoms with E-state index in [1.54, 1.807) is 24.3 Å². The molecule has 0 spiro atoms. The number of rotatable bonds is 6. The van der Waals surface area contributed by atoms with Crippen LogP contribution in [0.25, 0.3) is 0 Å². The molecular formula is C22H18F3NO3. The van der Waals surface area contributed by atoms with Gasteiger partial charge in [-0.15, -0.1) is 0 Å². The Bertz CT molecular complexity index is 924. The lowest BCUT2D eigenvalue weighted by molar-refractivity contribution is -0.137. The Balaban J connectivity index is 1.45. The van der Waals surface area contributed by atoms with Crippen LogP contribution in [0.1, 0.15) is 16.7 Å². The summed E-state index contributed by atoms with van der Waals surface area (Å²) in [5.41, 5.74) is 1.26. The lowest BCUT2D eigenvalue weighted by atomic mass is 10.1. The third-order valence-electron chi connectivity index (χ3n) is 4.00. The number of nitrogens with one attached hydrogen (secondary N) is 1. The maximum absolute atomic E-state index is 12.5. The zero-order valence-electron chi connectivity index (χ0n) is 15.3. The molecule has 1 amide bonds. The molecule has 3 aromatic carbocycles. The summed E-state index contributed by atoms with van der Waals surface area (Å²) in [5.74, 6) is 0.650. The third kappa shape index (κ3) is 6.27. The van der Waals surface area contributed by atoms with Crippen LogP contribution in [0.5, 0.6) is 5.75 Å². The summed E-state index contributed by atoms with van der Waals surface area (Å²) in [7, 11) is 0. The first kappa shape index (κ1) is 20.3. The number of carbonyl (C=O) groups excluding carboxylic acids is 1. The molecule has 0 atom stereocenters. The minimum Gasteiger partial charge on any atom is -0.489 e. The van der Waals surface area contributed by atoms with Crippen molar-refractivity contribution < 1.29 is 27.4 Å². The van der Waals surface area contributed by atoms with Gasteiger partial charge in [0, 0.05) is 5.69 Å². The van der Waals surface area contributed by atoms with Crippen molar-refractivity contribution in [2.24, 2.45) is 0 Å². The molecule has 0 aliphatic heterocycles. The van der Waals surface area contributed by atoms with Gasteiger partial charge in [0.15, 0.2) is 0 Å². The van der Waals surface area contributed by atoms with Gasteiger partial charge < -0.3 is 9.47 Å². The highest BCUT2D eigenvalue weighted by Gasteiger charge is 2.29. The van der Waals surface area contributed by atoms with Crippen molar-refractivity contribution in [1.82, 2.24) is 0 Å². The summed E-state index contributed by atoms with van der Waals surface area (Å²) in [4.78, 5) is 11.9. The summed E-state index contributed by atoms with van der Waals surface area (Å²) in [6.07, 6.45) is -5.10. The van der Waals surface area contributed by atoms with Gasteiger partial charge in [0.1, 0.15) is 19.0 Å². The second kappa shape index (κ2) is 9.14. The molecule has 150 valence electrons. The van der Waals surface area contributed by atoms with Crippen molar-refractivity contribution in [2.75, 3.05) is 5.32 Å². The predicted molar refractivity (Wildman–Crippen MR) is 102 cm³/mol. The minimum absolute atomic E-state index is 0.137. The molecule has 0 unspecified atom stereocenters. The van der Waals surface area contributed by atoms with Gasteiger partial charge in [-0.1, -0.05) is 42.5 Å². The van der Waals surface area contributed by atoms with Crippen molar-refractivity contribution >= 4 is 11.8 Å². The number of hydrogen-bond acceptors (Lipinski definition) is 3. The molecule has 7 heteroatoms. The fraction of sp³-hybridized carbons (Fsp3) is 0.136. The molecule has 4 nitrogen and oxygen atoms in total. The molecule has 3 rings (SSSR count). The van der Waals surface area contributed by atoms with E-state index >= 15 is 0 Å². The smallest absolute Gasteiger partial charge is 0.416 e. The minimum atomic E-state index is -4.40. The highest BCUT2D eigenvalue weighted by molar-refractivity contribution is 5.84. The summed E-state index contributed by atoms with van der Waals surface area (Å²) in [6.45, 7) is 0.297. The van der Waals surface area contributed by atoms with E-state index in [0.717, 1.165) is 17.7 Å². The van der Waals surface area contributed by atoms with Crippen LogP contribution in [0.3, 0.4) is 0 Å². The quantitative estimate of drug-likeness (QED) is 0.548. The molecule has 0 saturated heterocycles. The zero-order chi connectivity index (χ0) is 20.7. The van der Waals surface area contributed by atoms with Crippen molar-refractivity contribution in [3.05, 3.63) is 95.6 Å². The first-order chi connectivity index (χ1) is 13.9. The first-order valence-electron chi connectivity index (χ1n) is 8.77. The largest absolute Gasteiger partial charge is 0.489 e. The molecule has 0 aromatic heterocycles. The Labute approximate surface area is 165 Å². The van der Waals surface area contributed by atoms with Crippen molar-refractivity contribution in [1.29, 1.82) is 0 Å². The molecule has 0 aliphatic rings. The Morgan fingerprint density at radius 1 is 0.793 bits per heavy atom. The molecule has 0 aliphatic carbocycles. The van der Waals surface area contributed by atoms with Crippen LogP contribution in [-0.2, 0) is 24.1 Å². The maximum atomic E-state index is 12.5. The Morgan fingerprint density at radius 3 is 2.03 bits per heavy atom. The van der Waals surface area contributed by atoms with Gasteiger partial charge in [0.25, 0.3) is 0 Å². The van der Waals surface area contributed by atoms with Gasteiger partial charge in [-0.05, 0) is 47.5 Å². The highest BCUT2D eigenvalue weighted by Crippen LogP contribution is 2.29. The van der Waals surface area contributed by atoms with E-state index in [4.69, 9.17) is 9.47 Å². The third-order valence-corrected chi connectivity index (χ3v) is 4.00. The van der Waals surface area contributed by atoms with E-state index in [2.05, 4.69) is 5.32 Å².